The van der Waals surface area contributed by atoms with E-state index in [1.165, 1.54) is 32.4 Å². The molecule has 0 saturated carbocycles. The Labute approximate surface area is 138 Å². The average molecular weight is 387 g/mol. The standard InChI is InChI=1S/C15H15BrO5S/c1-10-4-6-11(7-5-10)22(17,18)21-12-8-9-13(19-2)15(20-3)14(12)16/h4-9H,1-3H3. The first-order chi connectivity index (χ1) is 10.4. The molecule has 7 heteroatoms. The summed E-state index contributed by atoms with van der Waals surface area (Å²) in [6.45, 7) is 1.88. The minimum atomic E-state index is -3.92. The van der Waals surface area contributed by atoms with Crippen LogP contribution in [0.5, 0.6) is 17.2 Å². The molecule has 0 aliphatic rings. The number of halogens is 1. The molecule has 5 nitrogen and oxygen atoms in total. The van der Waals surface area contributed by atoms with Crippen molar-refractivity contribution in [3.63, 3.8) is 0 Å². The van der Waals surface area contributed by atoms with E-state index in [-0.39, 0.29) is 10.6 Å². The monoisotopic (exact) mass is 386 g/mol. The number of methoxy groups -OCH3 is 2. The molecule has 0 radical (unpaired) electrons. The molecule has 0 aliphatic carbocycles. The van der Waals surface area contributed by atoms with Gasteiger partial charge in [-0.2, -0.15) is 8.42 Å². The second-order valence-electron chi connectivity index (χ2n) is 4.46. The minimum Gasteiger partial charge on any atom is -0.493 e. The molecule has 0 fully saturated rings. The van der Waals surface area contributed by atoms with Gasteiger partial charge in [0.05, 0.1) is 14.2 Å². The molecule has 2 aromatic carbocycles. The van der Waals surface area contributed by atoms with E-state index in [2.05, 4.69) is 15.9 Å². The third kappa shape index (κ3) is 3.36. The highest BCUT2D eigenvalue weighted by Gasteiger charge is 2.21. The van der Waals surface area contributed by atoms with Gasteiger partial charge >= 0.3 is 10.1 Å². The molecule has 0 aliphatic heterocycles. The molecule has 0 atom stereocenters. The number of ether oxygens (including phenoxy) is 2. The number of aryl methyl sites for hydroxylation is 1. The Morgan fingerprint density at radius 3 is 2.05 bits per heavy atom. The average Bonchev–Trinajstić information content (AvgIpc) is 2.49. The van der Waals surface area contributed by atoms with Crippen LogP contribution < -0.4 is 13.7 Å². The van der Waals surface area contributed by atoms with Crippen molar-refractivity contribution in [1.29, 1.82) is 0 Å². The van der Waals surface area contributed by atoms with E-state index in [4.69, 9.17) is 13.7 Å². The zero-order valence-electron chi connectivity index (χ0n) is 12.3. The lowest BCUT2D eigenvalue weighted by Crippen LogP contribution is -2.10. The summed E-state index contributed by atoms with van der Waals surface area (Å²) in [5.41, 5.74) is 0.964. The van der Waals surface area contributed by atoms with Crippen LogP contribution in [0, 0.1) is 6.92 Å². The summed E-state index contributed by atoms with van der Waals surface area (Å²) >= 11 is 3.28. The summed E-state index contributed by atoms with van der Waals surface area (Å²) in [5.74, 6) is 0.951. The van der Waals surface area contributed by atoms with Gasteiger partial charge in [0.25, 0.3) is 0 Å². The van der Waals surface area contributed by atoms with Crippen LogP contribution in [-0.2, 0) is 10.1 Å². The van der Waals surface area contributed by atoms with Gasteiger partial charge in [0.15, 0.2) is 17.2 Å². The van der Waals surface area contributed by atoms with E-state index in [0.29, 0.717) is 16.0 Å². The van der Waals surface area contributed by atoms with Crippen LogP contribution in [0.15, 0.2) is 45.8 Å². The first-order valence-electron chi connectivity index (χ1n) is 6.30. The predicted molar refractivity (Wildman–Crippen MR) is 86.2 cm³/mol. The fraction of sp³-hybridized carbons (Fsp3) is 0.200. The third-order valence-corrected chi connectivity index (χ3v) is 4.96. The van der Waals surface area contributed by atoms with Crippen LogP contribution in [0.25, 0.3) is 0 Å². The first-order valence-corrected chi connectivity index (χ1v) is 8.51. The molecular weight excluding hydrogens is 372 g/mol. The lowest BCUT2D eigenvalue weighted by molar-refractivity contribution is 0.351. The summed E-state index contributed by atoms with van der Waals surface area (Å²) in [7, 11) is -0.970. The molecule has 0 aromatic heterocycles. The molecular formula is C15H15BrO5S. The molecule has 0 saturated heterocycles. The largest absolute Gasteiger partial charge is 0.493 e. The Morgan fingerprint density at radius 1 is 0.909 bits per heavy atom. The van der Waals surface area contributed by atoms with Crippen molar-refractivity contribution in [1.82, 2.24) is 0 Å². The van der Waals surface area contributed by atoms with Crippen molar-refractivity contribution >= 4 is 26.0 Å². The van der Waals surface area contributed by atoms with Gasteiger partial charge in [-0.1, -0.05) is 17.7 Å². The number of benzene rings is 2. The van der Waals surface area contributed by atoms with Crippen molar-refractivity contribution in [2.45, 2.75) is 11.8 Å². The normalized spacial score (nSPS) is 11.1. The quantitative estimate of drug-likeness (QED) is 0.735. The maximum atomic E-state index is 12.3. The van der Waals surface area contributed by atoms with Gasteiger partial charge < -0.3 is 13.7 Å². The van der Waals surface area contributed by atoms with E-state index >= 15 is 0 Å². The fourth-order valence-electron chi connectivity index (χ4n) is 1.81. The van der Waals surface area contributed by atoms with Crippen LogP contribution in [0.1, 0.15) is 5.56 Å². The minimum absolute atomic E-state index is 0.0831. The first kappa shape index (κ1) is 16.6. The van der Waals surface area contributed by atoms with Crippen LogP contribution in [0.4, 0.5) is 0 Å². The SMILES string of the molecule is COc1ccc(OS(=O)(=O)c2ccc(C)cc2)c(Br)c1OC. The number of rotatable bonds is 5. The van der Waals surface area contributed by atoms with E-state index in [1.807, 2.05) is 6.92 Å². The van der Waals surface area contributed by atoms with Gasteiger partial charge in [0.2, 0.25) is 0 Å². The maximum absolute atomic E-state index is 12.3. The highest BCUT2D eigenvalue weighted by atomic mass is 79.9. The third-order valence-electron chi connectivity index (χ3n) is 2.96. The zero-order chi connectivity index (χ0) is 16.3. The van der Waals surface area contributed by atoms with Crippen molar-refractivity contribution in [2.24, 2.45) is 0 Å². The highest BCUT2D eigenvalue weighted by Crippen LogP contribution is 2.42. The van der Waals surface area contributed by atoms with Gasteiger partial charge in [-0.3, -0.25) is 0 Å². The summed E-state index contributed by atoms with van der Waals surface area (Å²) in [4.78, 5) is 0.0831. The molecule has 0 unspecified atom stereocenters. The van der Waals surface area contributed by atoms with Crippen molar-refractivity contribution in [3.05, 3.63) is 46.4 Å². The van der Waals surface area contributed by atoms with Crippen LogP contribution in [0.2, 0.25) is 0 Å². The molecule has 2 rings (SSSR count). The van der Waals surface area contributed by atoms with E-state index in [0.717, 1.165) is 5.56 Å². The van der Waals surface area contributed by atoms with Crippen molar-refractivity contribution < 1.29 is 22.1 Å². The molecule has 118 valence electrons. The molecule has 0 N–H and O–H groups in total. The molecule has 0 bridgehead atoms. The lowest BCUT2D eigenvalue weighted by atomic mass is 10.2. The molecule has 2 aromatic rings. The summed E-state index contributed by atoms with van der Waals surface area (Å²) in [5, 5.41) is 0. The Balaban J connectivity index is 2.40. The van der Waals surface area contributed by atoms with Crippen LogP contribution in [0.3, 0.4) is 0 Å². The van der Waals surface area contributed by atoms with Crippen LogP contribution >= 0.6 is 15.9 Å². The van der Waals surface area contributed by atoms with Gasteiger partial charge in [0, 0.05) is 0 Å². The fourth-order valence-corrected chi connectivity index (χ4v) is 3.43. The lowest BCUT2D eigenvalue weighted by Gasteiger charge is -2.13. The van der Waals surface area contributed by atoms with E-state index in [1.54, 1.807) is 18.2 Å². The Kier molecular flexibility index (Phi) is 4.97. The molecule has 0 spiro atoms. The predicted octanol–water partition coefficient (Wildman–Crippen LogP) is 3.54. The Hall–Kier alpha value is -1.73. The summed E-state index contributed by atoms with van der Waals surface area (Å²) in [6, 6.07) is 9.49. The molecule has 0 amide bonds. The number of hydrogen-bond donors (Lipinski definition) is 0. The van der Waals surface area contributed by atoms with Crippen molar-refractivity contribution in [3.8, 4) is 17.2 Å². The zero-order valence-corrected chi connectivity index (χ0v) is 14.7. The highest BCUT2D eigenvalue weighted by molar-refractivity contribution is 9.10. The second-order valence-corrected chi connectivity index (χ2v) is 6.80. The summed E-state index contributed by atoms with van der Waals surface area (Å²) in [6.07, 6.45) is 0. The molecule has 22 heavy (non-hydrogen) atoms. The topological polar surface area (TPSA) is 61.8 Å². The van der Waals surface area contributed by atoms with E-state index < -0.39 is 10.1 Å². The van der Waals surface area contributed by atoms with Gasteiger partial charge in [-0.25, -0.2) is 0 Å². The van der Waals surface area contributed by atoms with Gasteiger partial charge in [-0.05, 0) is 47.1 Å². The summed E-state index contributed by atoms with van der Waals surface area (Å²) < 4.78 is 40.5. The van der Waals surface area contributed by atoms with Gasteiger partial charge in [0.1, 0.15) is 9.37 Å². The Morgan fingerprint density at radius 2 is 1.50 bits per heavy atom. The van der Waals surface area contributed by atoms with Crippen LogP contribution in [-0.4, -0.2) is 22.6 Å². The molecule has 0 heterocycles. The number of hydrogen-bond acceptors (Lipinski definition) is 5. The maximum Gasteiger partial charge on any atom is 0.339 e. The second kappa shape index (κ2) is 6.58. The Bertz CT molecular complexity index is 769. The smallest absolute Gasteiger partial charge is 0.339 e. The van der Waals surface area contributed by atoms with Gasteiger partial charge in [-0.15, -0.1) is 0 Å². The van der Waals surface area contributed by atoms with Crippen molar-refractivity contribution in [2.75, 3.05) is 14.2 Å². The van der Waals surface area contributed by atoms with E-state index in [9.17, 15) is 8.42 Å².